The summed E-state index contributed by atoms with van der Waals surface area (Å²) in [5.41, 5.74) is 0.984. The molecule has 1 heterocycles. The van der Waals surface area contributed by atoms with Crippen molar-refractivity contribution in [2.75, 3.05) is 19.0 Å². The number of Topliss-reactive ketones (excluding diaryl/α,β-unsaturated/α-hetero) is 1. The zero-order valence-electron chi connectivity index (χ0n) is 7.76. The van der Waals surface area contributed by atoms with Crippen molar-refractivity contribution in [2.45, 2.75) is 6.42 Å². The molecule has 1 aliphatic heterocycles. The molecule has 1 aliphatic rings. The summed E-state index contributed by atoms with van der Waals surface area (Å²) in [6.07, 6.45) is 0.402. The number of anilines is 1. The van der Waals surface area contributed by atoms with Gasteiger partial charge in [-0.25, -0.2) is 4.39 Å². The highest BCUT2D eigenvalue weighted by Gasteiger charge is 2.21. The van der Waals surface area contributed by atoms with Crippen molar-refractivity contribution < 1.29 is 13.9 Å². The van der Waals surface area contributed by atoms with Crippen molar-refractivity contribution in [3.05, 3.63) is 23.5 Å². The van der Waals surface area contributed by atoms with Crippen molar-refractivity contribution in [1.29, 1.82) is 0 Å². The Labute approximate surface area is 80.9 Å². The number of hydrogen-bond acceptors (Lipinski definition) is 3. The highest BCUT2D eigenvalue weighted by Crippen LogP contribution is 2.32. The molecule has 14 heavy (non-hydrogen) atoms. The van der Waals surface area contributed by atoms with Crippen LogP contribution in [0, 0.1) is 5.82 Å². The van der Waals surface area contributed by atoms with E-state index in [1.807, 2.05) is 0 Å². The summed E-state index contributed by atoms with van der Waals surface area (Å²) >= 11 is 0. The number of ketones is 1. The third kappa shape index (κ3) is 1.32. The minimum absolute atomic E-state index is 0.0449. The third-order valence-electron chi connectivity index (χ3n) is 2.24. The van der Waals surface area contributed by atoms with E-state index >= 15 is 0 Å². The Balaban J connectivity index is 2.60. The van der Waals surface area contributed by atoms with E-state index in [1.54, 1.807) is 0 Å². The van der Waals surface area contributed by atoms with Gasteiger partial charge in [0.05, 0.1) is 12.8 Å². The molecule has 1 N–H and O–H groups in total. The second-order valence-electron chi connectivity index (χ2n) is 3.13. The average Bonchev–Trinajstić information content (AvgIpc) is 2.18. The lowest BCUT2D eigenvalue weighted by Crippen LogP contribution is -2.18. The van der Waals surface area contributed by atoms with Gasteiger partial charge in [-0.2, -0.15) is 0 Å². The molecule has 4 heteroatoms. The van der Waals surface area contributed by atoms with Gasteiger partial charge in [-0.1, -0.05) is 0 Å². The summed E-state index contributed by atoms with van der Waals surface area (Å²) in [5.74, 6) is -0.109. The Hall–Kier alpha value is -1.58. The summed E-state index contributed by atoms with van der Waals surface area (Å²) in [6.45, 7) is 0.577. The maximum atomic E-state index is 13.1. The van der Waals surface area contributed by atoms with E-state index in [1.165, 1.54) is 19.2 Å². The van der Waals surface area contributed by atoms with Gasteiger partial charge in [-0.3, -0.25) is 4.79 Å². The van der Waals surface area contributed by atoms with Crippen molar-refractivity contribution in [3.63, 3.8) is 0 Å². The molecule has 0 bridgehead atoms. The van der Waals surface area contributed by atoms with Crippen LogP contribution in [0.1, 0.15) is 16.8 Å². The molecule has 3 nitrogen and oxygen atoms in total. The van der Waals surface area contributed by atoms with Gasteiger partial charge in [0.1, 0.15) is 11.6 Å². The fourth-order valence-corrected chi connectivity index (χ4v) is 1.58. The number of hydrogen-bond donors (Lipinski definition) is 1. The number of methoxy groups -OCH3 is 1. The zero-order chi connectivity index (χ0) is 10.1. The fraction of sp³-hybridized carbons (Fsp3) is 0.300. The van der Waals surface area contributed by atoms with Crippen LogP contribution in [0.25, 0.3) is 0 Å². The third-order valence-corrected chi connectivity index (χ3v) is 2.24. The molecular weight excluding hydrogens is 185 g/mol. The lowest BCUT2D eigenvalue weighted by molar-refractivity contribution is 0.0983. The second-order valence-corrected chi connectivity index (χ2v) is 3.13. The SMILES string of the molecule is COc1cc(F)cc2c1NCCC2=O. The Morgan fingerprint density at radius 2 is 2.29 bits per heavy atom. The first kappa shape index (κ1) is 8.99. The van der Waals surface area contributed by atoms with Crippen LogP contribution in [-0.2, 0) is 0 Å². The molecule has 0 radical (unpaired) electrons. The maximum absolute atomic E-state index is 13.1. The molecule has 2 rings (SSSR count). The molecule has 0 saturated carbocycles. The molecule has 1 aromatic rings. The van der Waals surface area contributed by atoms with Crippen LogP contribution < -0.4 is 10.1 Å². The van der Waals surface area contributed by atoms with Gasteiger partial charge in [0, 0.05) is 24.6 Å². The van der Waals surface area contributed by atoms with Crippen molar-refractivity contribution in [1.82, 2.24) is 0 Å². The molecule has 0 atom stereocenters. The first-order chi connectivity index (χ1) is 6.72. The topological polar surface area (TPSA) is 38.3 Å². The Kier molecular flexibility index (Phi) is 2.11. The monoisotopic (exact) mass is 195 g/mol. The van der Waals surface area contributed by atoms with Crippen molar-refractivity contribution in [3.8, 4) is 5.75 Å². The average molecular weight is 195 g/mol. The Bertz CT molecular complexity index is 390. The fourth-order valence-electron chi connectivity index (χ4n) is 1.58. The molecule has 0 saturated heterocycles. The summed E-state index contributed by atoms with van der Waals surface area (Å²) in [7, 11) is 1.45. The van der Waals surface area contributed by atoms with E-state index in [-0.39, 0.29) is 5.78 Å². The first-order valence-electron chi connectivity index (χ1n) is 4.37. The summed E-state index contributed by atoms with van der Waals surface area (Å²) in [5, 5.41) is 3.03. The van der Waals surface area contributed by atoms with Crippen LogP contribution in [0.3, 0.4) is 0 Å². The number of carbonyl (C=O) groups excluding carboxylic acids is 1. The van der Waals surface area contributed by atoms with Gasteiger partial charge >= 0.3 is 0 Å². The molecule has 74 valence electrons. The van der Waals surface area contributed by atoms with E-state index in [0.29, 0.717) is 30.0 Å². The number of rotatable bonds is 1. The first-order valence-corrected chi connectivity index (χ1v) is 4.37. The molecule has 0 spiro atoms. The maximum Gasteiger partial charge on any atom is 0.166 e. The molecule has 0 amide bonds. The second kappa shape index (κ2) is 3.29. The van der Waals surface area contributed by atoms with Crippen LogP contribution >= 0.6 is 0 Å². The molecule has 0 aromatic heterocycles. The zero-order valence-corrected chi connectivity index (χ0v) is 7.76. The van der Waals surface area contributed by atoms with Crippen LogP contribution in [0.4, 0.5) is 10.1 Å². The molecular formula is C10H10FNO2. The number of halogens is 1. The van der Waals surface area contributed by atoms with Gasteiger partial charge < -0.3 is 10.1 Å². The van der Waals surface area contributed by atoms with Crippen LogP contribution in [-0.4, -0.2) is 19.4 Å². The predicted molar refractivity (Wildman–Crippen MR) is 50.4 cm³/mol. The number of ether oxygens (including phenoxy) is 1. The van der Waals surface area contributed by atoms with E-state index in [2.05, 4.69) is 5.32 Å². The number of carbonyl (C=O) groups is 1. The van der Waals surface area contributed by atoms with E-state index in [4.69, 9.17) is 4.74 Å². The van der Waals surface area contributed by atoms with E-state index < -0.39 is 5.82 Å². The van der Waals surface area contributed by atoms with Crippen LogP contribution in [0.15, 0.2) is 12.1 Å². The van der Waals surface area contributed by atoms with Gasteiger partial charge in [-0.15, -0.1) is 0 Å². The highest BCUT2D eigenvalue weighted by atomic mass is 19.1. The van der Waals surface area contributed by atoms with Gasteiger partial charge in [-0.05, 0) is 6.07 Å². The standard InChI is InChI=1S/C10H10FNO2/c1-14-9-5-6(11)4-7-8(13)2-3-12-10(7)9/h4-5,12H,2-3H2,1H3. The summed E-state index contributed by atoms with van der Waals surface area (Å²) in [6, 6.07) is 2.51. The van der Waals surface area contributed by atoms with Crippen molar-refractivity contribution in [2.24, 2.45) is 0 Å². The van der Waals surface area contributed by atoms with Crippen molar-refractivity contribution >= 4 is 11.5 Å². The Morgan fingerprint density at radius 3 is 3.00 bits per heavy atom. The summed E-state index contributed by atoms with van der Waals surface area (Å²) < 4.78 is 18.0. The van der Waals surface area contributed by atoms with Gasteiger partial charge in [0.15, 0.2) is 5.78 Å². The molecule has 0 fully saturated rings. The molecule has 1 aromatic carbocycles. The lowest BCUT2D eigenvalue weighted by Gasteiger charge is -2.19. The lowest BCUT2D eigenvalue weighted by atomic mass is 10.0. The van der Waals surface area contributed by atoms with E-state index in [9.17, 15) is 9.18 Å². The molecule has 0 aliphatic carbocycles. The minimum Gasteiger partial charge on any atom is -0.494 e. The Morgan fingerprint density at radius 1 is 1.50 bits per heavy atom. The minimum atomic E-state index is -0.447. The molecule has 0 unspecified atom stereocenters. The number of benzene rings is 1. The quantitative estimate of drug-likeness (QED) is 0.743. The predicted octanol–water partition coefficient (Wildman–Crippen LogP) is 1.83. The van der Waals surface area contributed by atoms with Crippen LogP contribution in [0.5, 0.6) is 5.75 Å². The van der Waals surface area contributed by atoms with Crippen LogP contribution in [0.2, 0.25) is 0 Å². The number of nitrogens with one attached hydrogen (secondary N) is 1. The smallest absolute Gasteiger partial charge is 0.166 e. The van der Waals surface area contributed by atoms with Gasteiger partial charge in [0.2, 0.25) is 0 Å². The largest absolute Gasteiger partial charge is 0.494 e. The normalized spacial score (nSPS) is 14.6. The van der Waals surface area contributed by atoms with E-state index in [0.717, 1.165) is 0 Å². The summed E-state index contributed by atoms with van der Waals surface area (Å²) in [4.78, 5) is 11.4. The number of fused-ring (bicyclic) bond motifs is 1. The highest BCUT2D eigenvalue weighted by molar-refractivity contribution is 6.04. The van der Waals surface area contributed by atoms with Gasteiger partial charge in [0.25, 0.3) is 0 Å².